The van der Waals surface area contributed by atoms with E-state index in [-0.39, 0.29) is 11.5 Å². The third-order valence-electron chi connectivity index (χ3n) is 2.53. The van der Waals surface area contributed by atoms with Crippen LogP contribution in [0.1, 0.15) is 23.0 Å². The lowest BCUT2D eigenvalue weighted by Gasteiger charge is -2.05. The Kier molecular flexibility index (Phi) is 4.09. The van der Waals surface area contributed by atoms with Crippen molar-refractivity contribution in [2.45, 2.75) is 23.9 Å². The molecule has 0 aliphatic heterocycles. The van der Waals surface area contributed by atoms with E-state index in [2.05, 4.69) is 9.97 Å². The largest absolute Gasteiger partial charge is 0.294 e. The minimum Gasteiger partial charge on any atom is -0.294 e. The van der Waals surface area contributed by atoms with Crippen LogP contribution in [0.15, 0.2) is 40.5 Å². The molecular formula is C13H11N3O3S. The number of aromatic nitrogens is 2. The Balaban J connectivity index is 2.41. The van der Waals surface area contributed by atoms with Crippen LogP contribution < -0.4 is 0 Å². The minimum absolute atomic E-state index is 0.107. The van der Waals surface area contributed by atoms with Crippen LogP contribution in [-0.4, -0.2) is 20.7 Å². The average Bonchev–Trinajstić information content (AvgIpc) is 2.38. The molecule has 0 aliphatic carbocycles. The fraction of sp³-hybridized carbons (Fsp3) is 0.154. The zero-order valence-electron chi connectivity index (χ0n) is 10.9. The molecule has 0 bridgehead atoms. The highest BCUT2D eigenvalue weighted by Crippen LogP contribution is 2.30. The lowest BCUT2D eigenvalue weighted by Crippen LogP contribution is -1.98. The van der Waals surface area contributed by atoms with E-state index in [9.17, 15) is 14.9 Å². The number of Topliss-reactive ketones (excluding diaryl/α,β-unsaturated/α-hetero) is 1. The van der Waals surface area contributed by atoms with Crippen LogP contribution in [0.25, 0.3) is 0 Å². The summed E-state index contributed by atoms with van der Waals surface area (Å²) in [4.78, 5) is 30.8. The molecule has 0 radical (unpaired) electrons. The third-order valence-corrected chi connectivity index (χ3v) is 3.48. The van der Waals surface area contributed by atoms with E-state index in [1.165, 1.54) is 30.8 Å². The lowest BCUT2D eigenvalue weighted by molar-refractivity contribution is -0.384. The van der Waals surface area contributed by atoms with Gasteiger partial charge in [-0.3, -0.25) is 14.9 Å². The molecule has 1 aromatic carbocycles. The quantitative estimate of drug-likeness (QED) is 0.372. The van der Waals surface area contributed by atoms with Gasteiger partial charge in [-0.1, -0.05) is 0 Å². The first kappa shape index (κ1) is 14.1. The van der Waals surface area contributed by atoms with Gasteiger partial charge in [-0.25, -0.2) is 9.97 Å². The van der Waals surface area contributed by atoms with Crippen molar-refractivity contribution < 1.29 is 9.72 Å². The van der Waals surface area contributed by atoms with Crippen molar-refractivity contribution in [1.82, 2.24) is 9.97 Å². The van der Waals surface area contributed by atoms with Crippen LogP contribution >= 0.6 is 11.8 Å². The second kappa shape index (κ2) is 5.79. The lowest BCUT2D eigenvalue weighted by atomic mass is 10.1. The van der Waals surface area contributed by atoms with Gasteiger partial charge >= 0.3 is 0 Å². The zero-order valence-corrected chi connectivity index (χ0v) is 11.7. The van der Waals surface area contributed by atoms with E-state index >= 15 is 0 Å². The predicted molar refractivity (Wildman–Crippen MR) is 74.0 cm³/mol. The van der Waals surface area contributed by atoms with Gasteiger partial charge in [0.25, 0.3) is 5.69 Å². The van der Waals surface area contributed by atoms with E-state index in [1.54, 1.807) is 18.3 Å². The smallest absolute Gasteiger partial charge is 0.270 e. The topological polar surface area (TPSA) is 86.0 Å². The molecule has 1 heterocycles. The van der Waals surface area contributed by atoms with Crippen LogP contribution in [0.4, 0.5) is 5.69 Å². The number of nitro benzene ring substituents is 1. The highest BCUT2D eigenvalue weighted by Gasteiger charge is 2.15. The molecule has 2 aromatic rings. The van der Waals surface area contributed by atoms with Crippen molar-refractivity contribution in [3.8, 4) is 0 Å². The van der Waals surface area contributed by atoms with Gasteiger partial charge < -0.3 is 0 Å². The average molecular weight is 289 g/mol. The fourth-order valence-corrected chi connectivity index (χ4v) is 2.52. The molecule has 0 aliphatic rings. The maximum Gasteiger partial charge on any atom is 0.270 e. The fourth-order valence-electron chi connectivity index (χ4n) is 1.57. The third kappa shape index (κ3) is 3.18. The Morgan fingerprint density at radius 3 is 2.70 bits per heavy atom. The SMILES string of the molecule is CC(=O)c1cc([N+](=O)[O-])ccc1Sc1nccc(C)n1. The van der Waals surface area contributed by atoms with Crippen LogP contribution in [0.3, 0.4) is 0 Å². The van der Waals surface area contributed by atoms with Gasteiger partial charge in [0, 0.05) is 34.5 Å². The molecule has 0 amide bonds. The molecule has 0 saturated carbocycles. The van der Waals surface area contributed by atoms with Crippen molar-refractivity contribution >= 4 is 23.2 Å². The number of aryl methyl sites for hydroxylation is 1. The monoisotopic (exact) mass is 289 g/mol. The summed E-state index contributed by atoms with van der Waals surface area (Å²) in [5, 5.41) is 11.3. The summed E-state index contributed by atoms with van der Waals surface area (Å²) in [7, 11) is 0. The van der Waals surface area contributed by atoms with Gasteiger partial charge in [0.15, 0.2) is 10.9 Å². The van der Waals surface area contributed by atoms with Gasteiger partial charge in [-0.05, 0) is 37.7 Å². The van der Waals surface area contributed by atoms with E-state index in [1.807, 2.05) is 6.92 Å². The van der Waals surface area contributed by atoms with Crippen LogP contribution in [0.2, 0.25) is 0 Å². The Labute approximate surface area is 119 Å². The van der Waals surface area contributed by atoms with Crippen LogP contribution in [0, 0.1) is 17.0 Å². The first-order chi connectivity index (χ1) is 9.47. The molecule has 6 nitrogen and oxygen atoms in total. The highest BCUT2D eigenvalue weighted by molar-refractivity contribution is 7.99. The molecule has 0 fully saturated rings. The van der Waals surface area contributed by atoms with Gasteiger partial charge in [0.2, 0.25) is 0 Å². The first-order valence-electron chi connectivity index (χ1n) is 5.74. The Bertz CT molecular complexity index is 688. The molecule has 0 spiro atoms. The van der Waals surface area contributed by atoms with Gasteiger partial charge in [-0.15, -0.1) is 0 Å². The van der Waals surface area contributed by atoms with Crippen LogP contribution in [-0.2, 0) is 0 Å². The number of ketones is 1. The van der Waals surface area contributed by atoms with Crippen molar-refractivity contribution in [2.24, 2.45) is 0 Å². The Hall–Kier alpha value is -2.28. The van der Waals surface area contributed by atoms with Crippen LogP contribution in [0.5, 0.6) is 0 Å². The minimum atomic E-state index is -0.524. The van der Waals surface area contributed by atoms with Crippen molar-refractivity contribution in [3.05, 3.63) is 51.8 Å². The highest BCUT2D eigenvalue weighted by atomic mass is 32.2. The summed E-state index contributed by atoms with van der Waals surface area (Å²) < 4.78 is 0. The molecule has 0 saturated heterocycles. The molecule has 1 aromatic heterocycles. The number of nitro groups is 1. The summed E-state index contributed by atoms with van der Waals surface area (Å²) in [6.45, 7) is 3.22. The molecule has 0 unspecified atom stereocenters. The summed E-state index contributed by atoms with van der Waals surface area (Å²) in [6.07, 6.45) is 1.63. The zero-order chi connectivity index (χ0) is 14.7. The Morgan fingerprint density at radius 1 is 1.35 bits per heavy atom. The van der Waals surface area contributed by atoms with Gasteiger partial charge in [-0.2, -0.15) is 0 Å². The molecule has 2 rings (SSSR count). The van der Waals surface area contributed by atoms with Gasteiger partial charge in [0.05, 0.1) is 4.92 Å². The number of hydrogen-bond acceptors (Lipinski definition) is 6. The molecular weight excluding hydrogens is 278 g/mol. The number of nitrogens with zero attached hydrogens (tertiary/aromatic N) is 3. The maximum absolute atomic E-state index is 11.6. The van der Waals surface area contributed by atoms with E-state index in [4.69, 9.17) is 0 Å². The van der Waals surface area contributed by atoms with E-state index in [0.717, 1.165) is 5.69 Å². The Morgan fingerprint density at radius 2 is 2.10 bits per heavy atom. The summed E-state index contributed by atoms with van der Waals surface area (Å²) >= 11 is 1.21. The number of carbonyl (C=O) groups is 1. The van der Waals surface area contributed by atoms with Gasteiger partial charge in [0.1, 0.15) is 0 Å². The molecule has 20 heavy (non-hydrogen) atoms. The van der Waals surface area contributed by atoms with Crippen molar-refractivity contribution in [1.29, 1.82) is 0 Å². The normalized spacial score (nSPS) is 10.3. The van der Waals surface area contributed by atoms with E-state index < -0.39 is 4.92 Å². The summed E-state index contributed by atoms with van der Waals surface area (Å²) in [5.74, 6) is -0.233. The first-order valence-corrected chi connectivity index (χ1v) is 6.56. The molecule has 0 atom stereocenters. The second-order valence-corrected chi connectivity index (χ2v) is 5.09. The van der Waals surface area contributed by atoms with Crippen molar-refractivity contribution in [2.75, 3.05) is 0 Å². The number of rotatable bonds is 4. The number of benzene rings is 1. The molecule has 7 heteroatoms. The molecule has 0 N–H and O–H groups in total. The number of non-ortho nitro benzene ring substituents is 1. The predicted octanol–water partition coefficient (Wildman–Crippen LogP) is 3.05. The second-order valence-electron chi connectivity index (χ2n) is 4.08. The standard InChI is InChI=1S/C13H11N3O3S/c1-8-5-6-14-13(15-8)20-12-4-3-10(16(18)19)7-11(12)9(2)17/h3-7H,1-2H3. The maximum atomic E-state index is 11.6. The van der Waals surface area contributed by atoms with Crippen molar-refractivity contribution in [3.63, 3.8) is 0 Å². The van der Waals surface area contributed by atoms with E-state index in [0.29, 0.717) is 15.6 Å². The summed E-state index contributed by atoms with van der Waals surface area (Å²) in [6, 6.07) is 5.96. The summed E-state index contributed by atoms with van der Waals surface area (Å²) in [5.41, 5.74) is 1.01. The number of hydrogen-bond donors (Lipinski definition) is 0. The molecule has 102 valence electrons. The number of carbonyl (C=O) groups excluding carboxylic acids is 1.